The van der Waals surface area contributed by atoms with Crippen LogP contribution < -0.4 is 15.7 Å². The van der Waals surface area contributed by atoms with Crippen molar-refractivity contribution in [2.75, 3.05) is 18.6 Å². The second-order valence-corrected chi connectivity index (χ2v) is 5.35. The topological polar surface area (TPSA) is 99.6 Å². The Kier molecular flexibility index (Phi) is 6.34. The van der Waals surface area contributed by atoms with Crippen molar-refractivity contribution in [1.29, 1.82) is 0 Å². The van der Waals surface area contributed by atoms with Gasteiger partial charge in [-0.1, -0.05) is 11.6 Å². The summed E-state index contributed by atoms with van der Waals surface area (Å²) < 4.78 is 5.36. The minimum absolute atomic E-state index is 0.102. The van der Waals surface area contributed by atoms with E-state index in [9.17, 15) is 4.79 Å². The van der Waals surface area contributed by atoms with Gasteiger partial charge in [-0.3, -0.25) is 9.78 Å². The highest BCUT2D eigenvalue weighted by Crippen LogP contribution is 2.24. The van der Waals surface area contributed by atoms with Crippen molar-refractivity contribution in [3.63, 3.8) is 0 Å². The zero-order valence-electron chi connectivity index (χ0n) is 13.5. The predicted octanol–water partition coefficient (Wildman–Crippen LogP) is 2.11. The van der Waals surface area contributed by atoms with E-state index in [0.29, 0.717) is 28.6 Å². The Bertz CT molecular complexity index is 789. The SMILES string of the molecule is CCOc1ccc(/C=N\Nc2nc(C)c(CCO)c(=O)[nH]2)cc1Cl. The van der Waals surface area contributed by atoms with E-state index in [1.807, 2.05) is 13.0 Å². The third-order valence-corrected chi connectivity index (χ3v) is 3.52. The van der Waals surface area contributed by atoms with Crippen LogP contribution in [-0.2, 0) is 6.42 Å². The van der Waals surface area contributed by atoms with Gasteiger partial charge in [0.2, 0.25) is 5.95 Å². The first-order valence-electron chi connectivity index (χ1n) is 7.47. The molecule has 0 bridgehead atoms. The van der Waals surface area contributed by atoms with Crippen LogP contribution in [0.2, 0.25) is 5.02 Å². The summed E-state index contributed by atoms with van der Waals surface area (Å²) in [6, 6.07) is 5.30. The maximum atomic E-state index is 11.9. The number of aliphatic hydroxyl groups excluding tert-OH is 1. The molecule has 0 saturated heterocycles. The van der Waals surface area contributed by atoms with E-state index in [0.717, 1.165) is 5.56 Å². The number of H-pyrrole nitrogens is 1. The van der Waals surface area contributed by atoms with E-state index in [1.165, 1.54) is 0 Å². The van der Waals surface area contributed by atoms with E-state index in [-0.39, 0.29) is 24.5 Å². The lowest BCUT2D eigenvalue weighted by molar-refractivity contribution is 0.298. The molecule has 0 unspecified atom stereocenters. The van der Waals surface area contributed by atoms with Gasteiger partial charge in [-0.05, 0) is 37.6 Å². The summed E-state index contributed by atoms with van der Waals surface area (Å²) in [5.41, 5.74) is 4.16. The number of hydrogen-bond acceptors (Lipinski definition) is 6. The van der Waals surface area contributed by atoms with Crippen LogP contribution in [0.4, 0.5) is 5.95 Å². The molecule has 8 heteroatoms. The molecule has 3 N–H and O–H groups in total. The summed E-state index contributed by atoms with van der Waals surface area (Å²) in [5.74, 6) is 0.845. The minimum atomic E-state index is -0.293. The fraction of sp³-hybridized carbons (Fsp3) is 0.312. The second-order valence-electron chi connectivity index (χ2n) is 4.94. The lowest BCUT2D eigenvalue weighted by atomic mass is 10.2. The molecule has 2 aromatic rings. The molecule has 2 rings (SSSR count). The molecule has 0 aliphatic heterocycles. The Morgan fingerprint density at radius 1 is 1.50 bits per heavy atom. The first-order valence-corrected chi connectivity index (χ1v) is 7.85. The number of nitrogens with one attached hydrogen (secondary N) is 2. The molecule has 0 spiro atoms. The Hall–Kier alpha value is -2.38. The molecule has 1 heterocycles. The van der Waals surface area contributed by atoms with E-state index in [4.69, 9.17) is 21.4 Å². The normalized spacial score (nSPS) is 11.0. The molecule has 1 aromatic heterocycles. The first-order chi connectivity index (χ1) is 11.5. The average Bonchev–Trinajstić information content (AvgIpc) is 2.54. The maximum Gasteiger partial charge on any atom is 0.255 e. The zero-order valence-corrected chi connectivity index (χ0v) is 14.2. The summed E-state index contributed by atoms with van der Waals surface area (Å²) in [6.45, 7) is 4.03. The molecule has 1 aromatic carbocycles. The van der Waals surface area contributed by atoms with Crippen LogP contribution in [0.3, 0.4) is 0 Å². The maximum absolute atomic E-state index is 11.9. The van der Waals surface area contributed by atoms with Crippen molar-refractivity contribution in [1.82, 2.24) is 9.97 Å². The number of aromatic amines is 1. The molecular formula is C16H19ClN4O3. The summed E-state index contributed by atoms with van der Waals surface area (Å²) in [7, 11) is 0. The van der Waals surface area contributed by atoms with Crippen molar-refractivity contribution >= 4 is 23.8 Å². The molecular weight excluding hydrogens is 332 g/mol. The highest BCUT2D eigenvalue weighted by molar-refractivity contribution is 6.32. The van der Waals surface area contributed by atoms with E-state index in [2.05, 4.69) is 20.5 Å². The quantitative estimate of drug-likeness (QED) is 0.524. The van der Waals surface area contributed by atoms with Crippen molar-refractivity contribution in [2.45, 2.75) is 20.3 Å². The highest BCUT2D eigenvalue weighted by atomic mass is 35.5. The van der Waals surface area contributed by atoms with Gasteiger partial charge in [0.15, 0.2) is 0 Å². The van der Waals surface area contributed by atoms with Crippen LogP contribution in [0, 0.1) is 6.92 Å². The number of halogens is 1. The van der Waals surface area contributed by atoms with Gasteiger partial charge in [0, 0.05) is 18.6 Å². The monoisotopic (exact) mass is 350 g/mol. The van der Waals surface area contributed by atoms with Gasteiger partial charge in [0.25, 0.3) is 5.56 Å². The van der Waals surface area contributed by atoms with Crippen molar-refractivity contribution in [3.05, 3.63) is 50.4 Å². The molecule has 0 aliphatic rings. The number of hydrogen-bond donors (Lipinski definition) is 3. The summed E-state index contributed by atoms with van der Waals surface area (Å²) in [5, 5.41) is 13.5. The Balaban J connectivity index is 2.09. The van der Waals surface area contributed by atoms with Crippen LogP contribution in [0.1, 0.15) is 23.7 Å². The summed E-state index contributed by atoms with van der Waals surface area (Å²) in [6.07, 6.45) is 1.82. The van der Waals surface area contributed by atoms with Crippen LogP contribution in [0.15, 0.2) is 28.1 Å². The number of ether oxygens (including phenoxy) is 1. The number of benzene rings is 1. The zero-order chi connectivity index (χ0) is 17.5. The van der Waals surface area contributed by atoms with Crippen molar-refractivity contribution in [2.24, 2.45) is 5.10 Å². The lowest BCUT2D eigenvalue weighted by Crippen LogP contribution is -2.19. The van der Waals surface area contributed by atoms with Crippen LogP contribution in [0.25, 0.3) is 0 Å². The minimum Gasteiger partial charge on any atom is -0.492 e. The van der Waals surface area contributed by atoms with E-state index < -0.39 is 0 Å². The molecule has 0 atom stereocenters. The molecule has 0 aliphatic carbocycles. The molecule has 128 valence electrons. The Morgan fingerprint density at radius 2 is 2.29 bits per heavy atom. The number of anilines is 1. The average molecular weight is 351 g/mol. The van der Waals surface area contributed by atoms with Crippen LogP contribution in [-0.4, -0.2) is 34.5 Å². The smallest absolute Gasteiger partial charge is 0.255 e. The fourth-order valence-corrected chi connectivity index (χ4v) is 2.35. The second kappa shape index (κ2) is 8.47. The standard InChI is InChI=1S/C16H19ClN4O3/c1-3-24-14-5-4-11(8-13(14)17)9-18-21-16-19-10(2)12(6-7-22)15(23)20-16/h4-5,8-9,22H,3,6-7H2,1-2H3,(H2,19,20,21,23)/b18-9-. The number of aryl methyl sites for hydroxylation is 1. The number of rotatable bonds is 7. The third kappa shape index (κ3) is 4.56. The molecule has 0 saturated carbocycles. The lowest BCUT2D eigenvalue weighted by Gasteiger charge is -2.06. The van der Waals surface area contributed by atoms with Gasteiger partial charge < -0.3 is 9.84 Å². The molecule has 0 radical (unpaired) electrons. The third-order valence-electron chi connectivity index (χ3n) is 3.22. The van der Waals surface area contributed by atoms with Gasteiger partial charge in [-0.15, -0.1) is 0 Å². The molecule has 24 heavy (non-hydrogen) atoms. The van der Waals surface area contributed by atoms with Crippen molar-refractivity contribution in [3.8, 4) is 5.75 Å². The number of aliphatic hydroxyl groups is 1. The van der Waals surface area contributed by atoms with Gasteiger partial charge >= 0.3 is 0 Å². The number of aromatic nitrogens is 2. The van der Waals surface area contributed by atoms with Gasteiger partial charge in [0.05, 0.1) is 23.5 Å². The summed E-state index contributed by atoms with van der Waals surface area (Å²) >= 11 is 6.11. The van der Waals surface area contributed by atoms with Crippen LogP contribution >= 0.6 is 11.6 Å². The number of nitrogens with zero attached hydrogens (tertiary/aromatic N) is 2. The van der Waals surface area contributed by atoms with Gasteiger partial charge in [0.1, 0.15) is 5.75 Å². The molecule has 0 fully saturated rings. The van der Waals surface area contributed by atoms with E-state index in [1.54, 1.807) is 25.3 Å². The summed E-state index contributed by atoms with van der Waals surface area (Å²) in [4.78, 5) is 18.7. The fourth-order valence-electron chi connectivity index (χ4n) is 2.11. The Labute approximate surface area is 144 Å². The highest BCUT2D eigenvalue weighted by Gasteiger charge is 2.07. The van der Waals surface area contributed by atoms with Gasteiger partial charge in [-0.2, -0.15) is 5.10 Å². The Morgan fingerprint density at radius 3 is 2.92 bits per heavy atom. The largest absolute Gasteiger partial charge is 0.492 e. The predicted molar refractivity (Wildman–Crippen MR) is 94.2 cm³/mol. The first kappa shape index (κ1) is 18.0. The van der Waals surface area contributed by atoms with Crippen LogP contribution in [0.5, 0.6) is 5.75 Å². The van der Waals surface area contributed by atoms with Crippen molar-refractivity contribution < 1.29 is 9.84 Å². The van der Waals surface area contributed by atoms with Gasteiger partial charge in [-0.25, -0.2) is 10.4 Å². The van der Waals surface area contributed by atoms with E-state index >= 15 is 0 Å². The molecule has 7 nitrogen and oxygen atoms in total. The molecule has 0 amide bonds. The number of hydrazone groups is 1.